The monoisotopic (exact) mass is 311 g/mol. The molecule has 0 bridgehead atoms. The van der Waals surface area contributed by atoms with Crippen LogP contribution in [0.3, 0.4) is 0 Å². The highest BCUT2D eigenvalue weighted by Crippen LogP contribution is 2.56. The van der Waals surface area contributed by atoms with Crippen LogP contribution in [0.15, 0.2) is 12.4 Å². The molecular weight excluding hydrogens is 300 g/mol. The minimum atomic E-state index is -2.72. The van der Waals surface area contributed by atoms with Crippen molar-refractivity contribution in [1.82, 2.24) is 20.2 Å². The van der Waals surface area contributed by atoms with Crippen molar-refractivity contribution >= 4 is 23.1 Å². The SMILES string of the molecule is FC(F)c1ncc(N2CCC3(CC3)c3[nH]ncc32)nc1Cl. The fourth-order valence-electron chi connectivity index (χ4n) is 2.98. The van der Waals surface area contributed by atoms with Crippen molar-refractivity contribution < 1.29 is 8.78 Å². The molecule has 5 nitrogen and oxygen atoms in total. The summed E-state index contributed by atoms with van der Waals surface area (Å²) in [5.74, 6) is 0.475. The van der Waals surface area contributed by atoms with Crippen LogP contribution in [0.5, 0.6) is 0 Å². The number of hydrogen-bond donors (Lipinski definition) is 1. The summed E-state index contributed by atoms with van der Waals surface area (Å²) in [5, 5.41) is 6.93. The molecular formula is C13H12ClF2N5. The molecule has 1 saturated carbocycles. The van der Waals surface area contributed by atoms with Crippen LogP contribution in [-0.2, 0) is 5.41 Å². The molecule has 2 aromatic rings. The van der Waals surface area contributed by atoms with Gasteiger partial charge in [-0.25, -0.2) is 18.7 Å². The molecule has 1 aliphatic carbocycles. The summed E-state index contributed by atoms with van der Waals surface area (Å²) in [6, 6.07) is 0. The van der Waals surface area contributed by atoms with Gasteiger partial charge in [-0.15, -0.1) is 0 Å². The van der Waals surface area contributed by atoms with Gasteiger partial charge < -0.3 is 4.90 Å². The molecule has 0 radical (unpaired) electrons. The predicted octanol–water partition coefficient (Wildman–Crippen LogP) is 3.36. The highest BCUT2D eigenvalue weighted by molar-refractivity contribution is 6.30. The molecule has 0 aromatic carbocycles. The number of nitrogens with zero attached hydrogens (tertiary/aromatic N) is 4. The van der Waals surface area contributed by atoms with Gasteiger partial charge in [0.1, 0.15) is 5.69 Å². The molecule has 1 fully saturated rings. The summed E-state index contributed by atoms with van der Waals surface area (Å²) in [5.41, 5.74) is 1.78. The van der Waals surface area contributed by atoms with Crippen molar-refractivity contribution in [2.24, 2.45) is 0 Å². The van der Waals surface area contributed by atoms with E-state index in [-0.39, 0.29) is 10.6 Å². The summed E-state index contributed by atoms with van der Waals surface area (Å²) < 4.78 is 25.4. The first-order chi connectivity index (χ1) is 10.1. The third-order valence-corrected chi connectivity index (χ3v) is 4.61. The molecule has 8 heteroatoms. The number of fused-ring (bicyclic) bond motifs is 2. The summed E-state index contributed by atoms with van der Waals surface area (Å²) in [4.78, 5) is 9.74. The average Bonchev–Trinajstić information content (AvgIpc) is 3.04. The summed E-state index contributed by atoms with van der Waals surface area (Å²) in [6.07, 6.45) is 3.66. The van der Waals surface area contributed by atoms with Crippen molar-refractivity contribution in [2.75, 3.05) is 11.4 Å². The van der Waals surface area contributed by atoms with Gasteiger partial charge in [0.2, 0.25) is 0 Å². The zero-order valence-electron chi connectivity index (χ0n) is 11.0. The normalized spacial score (nSPS) is 19.1. The van der Waals surface area contributed by atoms with Gasteiger partial charge in [-0.2, -0.15) is 5.10 Å². The fourth-order valence-corrected chi connectivity index (χ4v) is 3.20. The van der Waals surface area contributed by atoms with E-state index >= 15 is 0 Å². The van der Waals surface area contributed by atoms with Gasteiger partial charge in [0.25, 0.3) is 6.43 Å². The van der Waals surface area contributed by atoms with Gasteiger partial charge in [-0.05, 0) is 19.3 Å². The molecule has 21 heavy (non-hydrogen) atoms. The number of halogens is 3. The first-order valence-electron chi connectivity index (χ1n) is 6.73. The molecule has 1 N–H and O–H groups in total. The fraction of sp³-hybridized carbons (Fsp3) is 0.462. The van der Waals surface area contributed by atoms with Crippen LogP contribution >= 0.6 is 11.6 Å². The highest BCUT2D eigenvalue weighted by atomic mass is 35.5. The Hall–Kier alpha value is -1.76. The van der Waals surface area contributed by atoms with E-state index < -0.39 is 12.1 Å². The highest BCUT2D eigenvalue weighted by Gasteiger charge is 2.50. The van der Waals surface area contributed by atoms with Gasteiger partial charge in [-0.1, -0.05) is 11.6 Å². The van der Waals surface area contributed by atoms with E-state index in [0.29, 0.717) is 5.82 Å². The van der Waals surface area contributed by atoms with E-state index in [9.17, 15) is 8.78 Å². The lowest BCUT2D eigenvalue weighted by molar-refractivity contribution is 0.145. The maximum atomic E-state index is 12.7. The van der Waals surface area contributed by atoms with Crippen LogP contribution < -0.4 is 4.90 Å². The van der Waals surface area contributed by atoms with Crippen LogP contribution in [0.2, 0.25) is 5.15 Å². The van der Waals surface area contributed by atoms with Crippen LogP contribution in [0, 0.1) is 0 Å². The molecule has 1 aliphatic heterocycles. The van der Waals surface area contributed by atoms with Crippen molar-refractivity contribution in [1.29, 1.82) is 0 Å². The van der Waals surface area contributed by atoms with Crippen LogP contribution in [-0.4, -0.2) is 26.7 Å². The summed E-state index contributed by atoms with van der Waals surface area (Å²) in [6.45, 7) is 0.756. The molecule has 0 unspecified atom stereocenters. The maximum Gasteiger partial charge on any atom is 0.283 e. The topological polar surface area (TPSA) is 57.7 Å². The molecule has 2 aromatic heterocycles. The first-order valence-corrected chi connectivity index (χ1v) is 7.10. The predicted molar refractivity (Wildman–Crippen MR) is 73.1 cm³/mol. The van der Waals surface area contributed by atoms with E-state index in [1.54, 1.807) is 6.20 Å². The second kappa shape index (κ2) is 4.37. The first kappa shape index (κ1) is 12.9. The molecule has 2 aliphatic rings. The Morgan fingerprint density at radius 1 is 1.29 bits per heavy atom. The largest absolute Gasteiger partial charge is 0.322 e. The van der Waals surface area contributed by atoms with Crippen molar-refractivity contribution in [3.63, 3.8) is 0 Å². The zero-order valence-corrected chi connectivity index (χ0v) is 11.7. The molecule has 0 saturated heterocycles. The maximum absolute atomic E-state index is 12.7. The second-order valence-corrected chi connectivity index (χ2v) is 5.88. The Bertz CT molecular complexity index is 698. The minimum Gasteiger partial charge on any atom is -0.322 e. The lowest BCUT2D eigenvalue weighted by Gasteiger charge is -2.32. The van der Waals surface area contributed by atoms with Gasteiger partial charge in [-0.3, -0.25) is 5.10 Å². The third-order valence-electron chi connectivity index (χ3n) is 4.33. The van der Waals surface area contributed by atoms with Crippen molar-refractivity contribution in [3.05, 3.63) is 28.9 Å². The lowest BCUT2D eigenvalue weighted by atomic mass is 9.93. The Labute approximate surface area is 124 Å². The van der Waals surface area contributed by atoms with Crippen molar-refractivity contribution in [2.45, 2.75) is 31.1 Å². The van der Waals surface area contributed by atoms with Crippen LogP contribution in [0.1, 0.15) is 37.1 Å². The molecule has 110 valence electrons. The van der Waals surface area contributed by atoms with Crippen LogP contribution in [0.4, 0.5) is 20.3 Å². The summed E-state index contributed by atoms with van der Waals surface area (Å²) >= 11 is 5.81. The van der Waals surface area contributed by atoms with Crippen LogP contribution in [0.25, 0.3) is 0 Å². The number of alkyl halides is 2. The number of aromatic nitrogens is 4. The van der Waals surface area contributed by atoms with Crippen molar-refractivity contribution in [3.8, 4) is 0 Å². The molecule has 0 amide bonds. The number of anilines is 2. The van der Waals surface area contributed by atoms with E-state index in [0.717, 1.165) is 37.2 Å². The standard InChI is InChI=1S/C13H12ClF2N5/c14-11-9(12(15)16)17-6-8(19-11)21-4-3-13(1-2-13)10-7(21)5-18-20-10/h5-6,12H,1-4H2,(H,18,20). The van der Waals surface area contributed by atoms with Gasteiger partial charge in [0, 0.05) is 12.0 Å². The summed E-state index contributed by atoms with van der Waals surface area (Å²) in [7, 11) is 0. The molecule has 4 rings (SSSR count). The molecule has 0 atom stereocenters. The van der Waals surface area contributed by atoms with E-state index in [1.807, 2.05) is 4.90 Å². The molecule has 3 heterocycles. The third kappa shape index (κ3) is 1.91. The molecule has 1 spiro atoms. The number of hydrogen-bond acceptors (Lipinski definition) is 4. The Kier molecular flexibility index (Phi) is 2.69. The smallest absolute Gasteiger partial charge is 0.283 e. The number of nitrogens with one attached hydrogen (secondary N) is 1. The van der Waals surface area contributed by atoms with E-state index in [2.05, 4.69) is 20.2 Å². The van der Waals surface area contributed by atoms with E-state index in [4.69, 9.17) is 11.6 Å². The quantitative estimate of drug-likeness (QED) is 0.924. The van der Waals surface area contributed by atoms with Gasteiger partial charge in [0.15, 0.2) is 11.0 Å². The number of aromatic amines is 1. The Morgan fingerprint density at radius 3 is 2.76 bits per heavy atom. The zero-order chi connectivity index (χ0) is 14.6. The Morgan fingerprint density at radius 2 is 2.10 bits per heavy atom. The number of rotatable bonds is 2. The van der Waals surface area contributed by atoms with Gasteiger partial charge >= 0.3 is 0 Å². The van der Waals surface area contributed by atoms with Gasteiger partial charge in [0.05, 0.1) is 23.8 Å². The second-order valence-electron chi connectivity index (χ2n) is 5.52. The van der Waals surface area contributed by atoms with E-state index in [1.165, 1.54) is 6.20 Å². The number of H-pyrrole nitrogens is 1. The Balaban J connectivity index is 1.73. The lowest BCUT2D eigenvalue weighted by Crippen LogP contribution is -2.30. The average molecular weight is 312 g/mol. The minimum absolute atomic E-state index is 0.225.